The van der Waals surface area contributed by atoms with Gasteiger partial charge >= 0.3 is 24.3 Å². The molecule has 0 radical (unpaired) electrons. The minimum atomic E-state index is -5.06. The number of fused-ring (bicyclic) bond motifs is 1. The molecule has 36 heavy (non-hydrogen) atoms. The van der Waals surface area contributed by atoms with Gasteiger partial charge in [-0.25, -0.2) is 4.79 Å². The Morgan fingerprint density at radius 3 is 2.28 bits per heavy atom. The highest BCUT2D eigenvalue weighted by Crippen LogP contribution is 2.38. The maximum absolute atomic E-state index is 13.1. The molecule has 0 fully saturated rings. The number of hydrogen-bond donors (Lipinski definition) is 2. The minimum Gasteiger partial charge on any atom is -0.616 e. The van der Waals surface area contributed by atoms with Crippen LogP contribution >= 0.6 is 0 Å². The molecule has 1 aliphatic carbocycles. The molecule has 0 unspecified atom stereocenters. The number of nitrogens with zero attached hydrogens (tertiary/aromatic N) is 1. The summed E-state index contributed by atoms with van der Waals surface area (Å²) in [5.41, 5.74) is -1.60. The van der Waals surface area contributed by atoms with Gasteiger partial charge in [0.15, 0.2) is 6.20 Å². The van der Waals surface area contributed by atoms with E-state index in [9.17, 15) is 36.3 Å². The average Bonchev–Trinajstić information content (AvgIpc) is 3.11. The molecule has 0 bridgehead atoms. The van der Waals surface area contributed by atoms with Crippen molar-refractivity contribution >= 4 is 11.7 Å². The quantitative estimate of drug-likeness (QED) is 0.275. The fourth-order valence-electron chi connectivity index (χ4n) is 3.98. The highest BCUT2D eigenvalue weighted by Gasteiger charge is 2.38. The maximum atomic E-state index is 13.1. The number of rotatable bonds is 4. The Kier molecular flexibility index (Phi) is 6.46. The molecule has 1 aliphatic rings. The average molecular weight is 511 g/mol. The molecule has 6 nitrogen and oxygen atoms in total. The molecule has 2 amide bonds. The lowest BCUT2D eigenvalue weighted by atomic mass is 10.1. The third-order valence-electron chi connectivity index (χ3n) is 5.63. The Labute approximate surface area is 201 Å². The van der Waals surface area contributed by atoms with Crippen molar-refractivity contribution in [2.45, 2.75) is 37.8 Å². The van der Waals surface area contributed by atoms with E-state index < -0.39 is 47.3 Å². The number of aryl methyl sites for hydroxylation is 1. The first kappa shape index (κ1) is 25.1. The third kappa shape index (κ3) is 5.47. The highest BCUT2D eigenvalue weighted by molar-refractivity contribution is 5.90. The Morgan fingerprint density at radius 2 is 1.64 bits per heavy atom. The minimum absolute atomic E-state index is 0.0206. The van der Waals surface area contributed by atoms with E-state index in [-0.39, 0.29) is 11.9 Å². The summed E-state index contributed by atoms with van der Waals surface area (Å²) in [6.45, 7) is 1.75. The number of carbonyl (C=O) groups excluding carboxylic acids is 1. The molecule has 2 N–H and O–H groups in total. The van der Waals surface area contributed by atoms with Crippen LogP contribution in [0.4, 0.5) is 36.8 Å². The second-order valence-electron chi connectivity index (χ2n) is 8.30. The van der Waals surface area contributed by atoms with Crippen molar-refractivity contribution in [2.75, 3.05) is 5.32 Å². The van der Waals surface area contributed by atoms with Gasteiger partial charge in [-0.15, -0.1) is 4.73 Å². The van der Waals surface area contributed by atoms with Crippen LogP contribution in [0.3, 0.4) is 0 Å². The second kappa shape index (κ2) is 9.25. The largest absolute Gasteiger partial charge is 0.616 e. The number of aromatic nitrogens is 1. The molecule has 1 aromatic heterocycles. The number of ether oxygens (including phenoxy) is 1. The first-order valence-electron chi connectivity index (χ1n) is 10.6. The number of anilines is 1. The highest BCUT2D eigenvalue weighted by atomic mass is 19.4. The van der Waals surface area contributed by atoms with Gasteiger partial charge in [-0.05, 0) is 41.8 Å². The molecular formula is C24H19F6N3O3. The zero-order valence-electron chi connectivity index (χ0n) is 18.6. The van der Waals surface area contributed by atoms with Gasteiger partial charge in [0.05, 0.1) is 23.2 Å². The summed E-state index contributed by atoms with van der Waals surface area (Å²) in [6.07, 6.45) is -9.31. The predicted molar refractivity (Wildman–Crippen MR) is 116 cm³/mol. The number of nitrogens with one attached hydrogen (secondary N) is 2. The summed E-state index contributed by atoms with van der Waals surface area (Å²) in [5, 5.41) is 16.7. The monoisotopic (exact) mass is 511 g/mol. The van der Waals surface area contributed by atoms with Crippen LogP contribution in [0.1, 0.15) is 33.9 Å². The van der Waals surface area contributed by atoms with E-state index in [2.05, 4.69) is 10.6 Å². The van der Waals surface area contributed by atoms with Crippen molar-refractivity contribution in [1.29, 1.82) is 0 Å². The van der Waals surface area contributed by atoms with Gasteiger partial charge in [0.1, 0.15) is 6.10 Å². The standard InChI is InChI=1S/C24H19F6N3O3/c1-13-6-7-33(35)20(8-13)36-19-9-14-4-2-3-5-18(14)21(19)32-22(34)31-17-11-15(23(25,26)27)10-16(12-17)24(28,29)30/h2-8,10-12,19,21H,9H2,1H3,(H2,31,32,34)/t19-,21+/m1/s1. The summed E-state index contributed by atoms with van der Waals surface area (Å²) in [6, 6.07) is 8.97. The van der Waals surface area contributed by atoms with Gasteiger partial charge < -0.3 is 20.6 Å². The van der Waals surface area contributed by atoms with Crippen molar-refractivity contribution in [2.24, 2.45) is 0 Å². The van der Waals surface area contributed by atoms with Crippen LogP contribution < -0.4 is 20.1 Å². The van der Waals surface area contributed by atoms with Crippen LogP contribution in [-0.2, 0) is 18.8 Å². The van der Waals surface area contributed by atoms with Crippen molar-refractivity contribution < 1.29 is 40.6 Å². The van der Waals surface area contributed by atoms with Gasteiger partial charge in [-0.2, -0.15) is 26.3 Å². The van der Waals surface area contributed by atoms with E-state index in [4.69, 9.17) is 4.74 Å². The molecule has 0 spiro atoms. The number of carbonyl (C=O) groups is 1. The molecule has 2 aromatic carbocycles. The lowest BCUT2D eigenvalue weighted by Crippen LogP contribution is -2.41. The number of amides is 2. The molecule has 0 aliphatic heterocycles. The number of benzene rings is 2. The molecule has 1 heterocycles. The summed E-state index contributed by atoms with van der Waals surface area (Å²) >= 11 is 0. The molecule has 0 saturated carbocycles. The third-order valence-corrected chi connectivity index (χ3v) is 5.63. The van der Waals surface area contributed by atoms with Crippen LogP contribution in [0.2, 0.25) is 0 Å². The van der Waals surface area contributed by atoms with Crippen LogP contribution in [0.15, 0.2) is 60.8 Å². The van der Waals surface area contributed by atoms with Gasteiger partial charge in [0.25, 0.3) is 0 Å². The fraction of sp³-hybridized carbons (Fsp3) is 0.250. The lowest BCUT2D eigenvalue weighted by molar-refractivity contribution is -0.614. The van der Waals surface area contributed by atoms with Gasteiger partial charge in [-0.3, -0.25) is 0 Å². The van der Waals surface area contributed by atoms with Gasteiger partial charge in [-0.1, -0.05) is 24.3 Å². The number of alkyl halides is 6. The smallest absolute Gasteiger partial charge is 0.416 e. The van der Waals surface area contributed by atoms with E-state index >= 15 is 0 Å². The number of pyridine rings is 1. The maximum Gasteiger partial charge on any atom is 0.416 e. The Bertz CT molecular complexity index is 1260. The van der Waals surface area contributed by atoms with Crippen LogP contribution in [0, 0.1) is 12.1 Å². The van der Waals surface area contributed by atoms with Crippen LogP contribution in [-0.4, -0.2) is 12.1 Å². The Balaban J connectivity index is 1.59. The first-order chi connectivity index (χ1) is 16.8. The number of urea groups is 1. The normalized spacial score (nSPS) is 17.4. The van der Waals surface area contributed by atoms with Crippen LogP contribution in [0.5, 0.6) is 5.88 Å². The number of halogens is 6. The van der Waals surface area contributed by atoms with E-state index in [0.717, 1.165) is 11.1 Å². The second-order valence-corrected chi connectivity index (χ2v) is 8.30. The van der Waals surface area contributed by atoms with Crippen molar-refractivity contribution in [1.82, 2.24) is 5.32 Å². The fourth-order valence-corrected chi connectivity index (χ4v) is 3.98. The SMILES string of the molecule is Cc1cc[n+]([O-])c(O[C@@H]2Cc3ccccc3[C@@H]2NC(=O)Nc2cc(C(F)(F)F)cc(C(F)(F)F)c2)c1. The molecule has 190 valence electrons. The summed E-state index contributed by atoms with van der Waals surface area (Å²) in [7, 11) is 0. The molecule has 3 aromatic rings. The van der Waals surface area contributed by atoms with Crippen molar-refractivity contribution in [3.05, 3.63) is 93.8 Å². The van der Waals surface area contributed by atoms with E-state index in [0.29, 0.717) is 28.8 Å². The summed E-state index contributed by atoms with van der Waals surface area (Å²) in [4.78, 5) is 12.7. The Hall–Kier alpha value is -3.96. The molecule has 4 rings (SSSR count). The van der Waals surface area contributed by atoms with Crippen LogP contribution in [0.25, 0.3) is 0 Å². The summed E-state index contributed by atoms with van der Waals surface area (Å²) < 4.78 is 85.3. The topological polar surface area (TPSA) is 77.3 Å². The van der Waals surface area contributed by atoms with Crippen molar-refractivity contribution in [3.63, 3.8) is 0 Å². The van der Waals surface area contributed by atoms with E-state index in [1.54, 1.807) is 37.3 Å². The van der Waals surface area contributed by atoms with Gasteiger partial charge in [0, 0.05) is 18.2 Å². The molecular weight excluding hydrogens is 492 g/mol. The molecule has 12 heteroatoms. The van der Waals surface area contributed by atoms with E-state index in [1.165, 1.54) is 12.3 Å². The first-order valence-corrected chi connectivity index (χ1v) is 10.6. The zero-order valence-corrected chi connectivity index (χ0v) is 18.6. The number of hydrogen-bond acceptors (Lipinski definition) is 3. The lowest BCUT2D eigenvalue weighted by Gasteiger charge is -2.23. The zero-order chi connectivity index (χ0) is 26.3. The molecule has 0 saturated heterocycles. The van der Waals surface area contributed by atoms with Gasteiger partial charge in [0.2, 0.25) is 0 Å². The Morgan fingerprint density at radius 1 is 1.00 bits per heavy atom. The summed E-state index contributed by atoms with van der Waals surface area (Å²) in [5.74, 6) is -0.0206. The molecule has 2 atom stereocenters. The predicted octanol–water partition coefficient (Wildman–Crippen LogP) is 5.53. The van der Waals surface area contributed by atoms with E-state index in [1.807, 2.05) is 0 Å². The van der Waals surface area contributed by atoms with Crippen molar-refractivity contribution in [3.8, 4) is 5.88 Å².